The predicted molar refractivity (Wildman–Crippen MR) is 77.5 cm³/mol. The number of carbonyl (C=O) groups is 2. The zero-order valence-corrected chi connectivity index (χ0v) is 14.5. The van der Waals surface area contributed by atoms with Gasteiger partial charge in [0, 0.05) is 0 Å². The Bertz CT molecular complexity index is 385. The van der Waals surface area contributed by atoms with Crippen LogP contribution >= 0.6 is 0 Å². The number of hydrogen-bond donors (Lipinski definition) is 12. The number of carboxylic acids is 2. The second kappa shape index (κ2) is 15.0. The van der Waals surface area contributed by atoms with E-state index in [0.717, 1.165) is 0 Å². The van der Waals surface area contributed by atoms with Crippen molar-refractivity contribution in [2.45, 2.75) is 48.8 Å². The Balaban J connectivity index is -0.000000411. The third-order valence-corrected chi connectivity index (χ3v) is 3.02. The molecule has 8 unspecified atom stereocenters. The van der Waals surface area contributed by atoms with E-state index in [0.29, 0.717) is 0 Å². The molecular weight excluding hydrogens is 432 g/mol. The number of hydrogen-bond acceptors (Lipinski definition) is 12. The van der Waals surface area contributed by atoms with Gasteiger partial charge in [0.05, 0.1) is 13.2 Å². The Morgan fingerprint density at radius 2 is 0.778 bits per heavy atom. The van der Waals surface area contributed by atoms with Crippen molar-refractivity contribution in [3.63, 3.8) is 0 Å². The molecule has 0 amide bonds. The average molecular weight is 456 g/mol. The summed E-state index contributed by atoms with van der Waals surface area (Å²) in [6.07, 6.45) is -15.7. The molecule has 0 saturated heterocycles. The second-order valence-corrected chi connectivity index (χ2v) is 5.03. The molecule has 0 fully saturated rings. The zero-order chi connectivity index (χ0) is 21.2. The van der Waals surface area contributed by atoms with Crippen molar-refractivity contribution in [1.29, 1.82) is 0 Å². The first-order valence-electron chi connectivity index (χ1n) is 6.95. The topological polar surface area (TPSA) is 277 Å². The largest absolute Gasteiger partial charge is 2.00 e. The van der Waals surface area contributed by atoms with E-state index in [1.165, 1.54) is 0 Å². The molecule has 12 N–H and O–H groups in total. The number of carboxylic acid groups (broad SMARTS) is 2. The third-order valence-electron chi connectivity index (χ3n) is 3.02. The first kappa shape index (κ1) is 30.8. The minimum Gasteiger partial charge on any atom is -0.479 e. The van der Waals surface area contributed by atoms with Crippen molar-refractivity contribution < 1.29 is 87.9 Å². The SMILES string of the molecule is O=C(O)C(O)C(O)C(O)C(O)CO.O=C(O)C(O)C(O)C(O)C(O)CO.[Cu+2]. The Hall–Kier alpha value is -0.941. The number of aliphatic hydroxyl groups excluding tert-OH is 10. The van der Waals surface area contributed by atoms with Crippen LogP contribution in [0.1, 0.15) is 0 Å². The Morgan fingerprint density at radius 3 is 0.926 bits per heavy atom. The fourth-order valence-electron chi connectivity index (χ4n) is 1.34. The summed E-state index contributed by atoms with van der Waals surface area (Å²) < 4.78 is 0. The Labute approximate surface area is 162 Å². The van der Waals surface area contributed by atoms with Gasteiger partial charge in [-0.15, -0.1) is 0 Å². The van der Waals surface area contributed by atoms with E-state index < -0.39 is 74.0 Å². The van der Waals surface area contributed by atoms with Gasteiger partial charge >= 0.3 is 29.0 Å². The van der Waals surface area contributed by atoms with Crippen molar-refractivity contribution in [2.24, 2.45) is 0 Å². The second-order valence-electron chi connectivity index (χ2n) is 5.03. The molecule has 15 heteroatoms. The monoisotopic (exact) mass is 455 g/mol. The van der Waals surface area contributed by atoms with Crippen LogP contribution in [0.4, 0.5) is 0 Å². The predicted octanol–water partition coefficient (Wildman–Crippen LogP) is -6.99. The van der Waals surface area contributed by atoms with E-state index in [2.05, 4.69) is 0 Å². The van der Waals surface area contributed by atoms with Crippen LogP contribution in [0.2, 0.25) is 0 Å². The maximum absolute atomic E-state index is 10.1. The minimum absolute atomic E-state index is 0. The smallest absolute Gasteiger partial charge is 0.479 e. The molecule has 0 spiro atoms. The molecule has 27 heavy (non-hydrogen) atoms. The molecule has 0 heterocycles. The first-order valence-corrected chi connectivity index (χ1v) is 6.95. The summed E-state index contributed by atoms with van der Waals surface area (Å²) in [5, 5.41) is 104. The van der Waals surface area contributed by atoms with Gasteiger partial charge in [0.15, 0.2) is 12.2 Å². The van der Waals surface area contributed by atoms with Crippen LogP contribution in [-0.2, 0) is 26.7 Å². The third kappa shape index (κ3) is 10.8. The summed E-state index contributed by atoms with van der Waals surface area (Å²) in [4.78, 5) is 20.2. The molecule has 0 aromatic heterocycles. The molecule has 0 aromatic rings. The molecule has 0 aliphatic carbocycles. The summed E-state index contributed by atoms with van der Waals surface area (Å²) in [5.41, 5.74) is 0. The van der Waals surface area contributed by atoms with Gasteiger partial charge in [-0.2, -0.15) is 0 Å². The van der Waals surface area contributed by atoms with Crippen molar-refractivity contribution in [1.82, 2.24) is 0 Å². The first-order chi connectivity index (χ1) is 11.8. The van der Waals surface area contributed by atoms with E-state index in [-0.39, 0.29) is 17.1 Å². The quantitative estimate of drug-likeness (QED) is 0.136. The molecule has 14 nitrogen and oxygen atoms in total. The molecular formula is C12H24CuO14+2. The van der Waals surface area contributed by atoms with E-state index in [1.54, 1.807) is 0 Å². The van der Waals surface area contributed by atoms with Crippen molar-refractivity contribution in [2.75, 3.05) is 13.2 Å². The Kier molecular flexibility index (Phi) is 17.1. The van der Waals surface area contributed by atoms with Gasteiger partial charge < -0.3 is 61.3 Å². The van der Waals surface area contributed by atoms with Crippen molar-refractivity contribution in [3.05, 3.63) is 0 Å². The summed E-state index contributed by atoms with van der Waals surface area (Å²) >= 11 is 0. The molecule has 0 aromatic carbocycles. The van der Waals surface area contributed by atoms with Crippen LogP contribution < -0.4 is 0 Å². The van der Waals surface area contributed by atoms with Gasteiger partial charge in [0.1, 0.15) is 36.6 Å². The van der Waals surface area contributed by atoms with Crippen molar-refractivity contribution in [3.8, 4) is 0 Å². The molecule has 8 atom stereocenters. The summed E-state index contributed by atoms with van der Waals surface area (Å²) in [7, 11) is 0. The number of aliphatic carboxylic acids is 2. The van der Waals surface area contributed by atoms with Crippen LogP contribution in [0.5, 0.6) is 0 Å². The fourth-order valence-corrected chi connectivity index (χ4v) is 1.34. The normalized spacial score (nSPS) is 19.6. The Morgan fingerprint density at radius 1 is 0.556 bits per heavy atom. The van der Waals surface area contributed by atoms with E-state index >= 15 is 0 Å². The van der Waals surface area contributed by atoms with Gasteiger partial charge in [-0.3, -0.25) is 0 Å². The van der Waals surface area contributed by atoms with Gasteiger partial charge in [-0.05, 0) is 0 Å². The molecule has 0 bridgehead atoms. The maximum atomic E-state index is 10.1. The number of aliphatic hydroxyl groups is 10. The van der Waals surface area contributed by atoms with Crippen LogP contribution in [-0.4, -0.2) is 135 Å². The zero-order valence-electron chi connectivity index (χ0n) is 13.5. The fraction of sp³-hybridized carbons (Fsp3) is 0.833. The van der Waals surface area contributed by atoms with Crippen molar-refractivity contribution >= 4 is 11.9 Å². The van der Waals surface area contributed by atoms with E-state index in [9.17, 15) is 9.59 Å². The summed E-state index contributed by atoms with van der Waals surface area (Å²) in [6, 6.07) is 0. The summed E-state index contributed by atoms with van der Waals surface area (Å²) in [5.74, 6) is -3.45. The maximum Gasteiger partial charge on any atom is 2.00 e. The van der Waals surface area contributed by atoms with Crippen LogP contribution in [0, 0.1) is 0 Å². The minimum atomic E-state index is -2.20. The average Bonchev–Trinajstić information content (AvgIpc) is 2.62. The van der Waals surface area contributed by atoms with Crippen LogP contribution in [0.15, 0.2) is 0 Å². The van der Waals surface area contributed by atoms with E-state index in [4.69, 9.17) is 61.3 Å². The van der Waals surface area contributed by atoms with Gasteiger partial charge in [0.2, 0.25) is 0 Å². The molecule has 165 valence electrons. The van der Waals surface area contributed by atoms with Gasteiger partial charge in [-0.25, -0.2) is 9.59 Å². The standard InChI is InChI=1S/2C6H12O7.Cu/c2*7-1-2(8)3(9)4(10)5(11)6(12)13;/h2*2-5,7-11H,1H2,(H,12,13);/q;;+2. The molecule has 0 rings (SSSR count). The molecule has 0 aliphatic rings. The molecule has 1 radical (unpaired) electrons. The molecule has 0 saturated carbocycles. The van der Waals surface area contributed by atoms with Crippen LogP contribution in [0.3, 0.4) is 0 Å². The molecule has 0 aliphatic heterocycles. The van der Waals surface area contributed by atoms with Crippen LogP contribution in [0.25, 0.3) is 0 Å². The van der Waals surface area contributed by atoms with E-state index in [1.807, 2.05) is 0 Å². The van der Waals surface area contributed by atoms with Gasteiger partial charge in [-0.1, -0.05) is 0 Å². The van der Waals surface area contributed by atoms with Gasteiger partial charge in [0.25, 0.3) is 0 Å². The summed E-state index contributed by atoms with van der Waals surface area (Å²) in [6.45, 7) is -1.69. The number of rotatable bonds is 10.